The van der Waals surface area contributed by atoms with E-state index in [1.807, 2.05) is 29.8 Å². The number of imidazole rings is 2. The van der Waals surface area contributed by atoms with Crippen LogP contribution < -0.4 is 5.73 Å². The number of aldehydes is 1. The first-order valence-electron chi connectivity index (χ1n) is 8.86. The van der Waals surface area contributed by atoms with E-state index < -0.39 is 0 Å². The summed E-state index contributed by atoms with van der Waals surface area (Å²) in [5, 5.41) is 0. The van der Waals surface area contributed by atoms with Crippen molar-refractivity contribution in [3.63, 3.8) is 0 Å². The topological polar surface area (TPSA) is 91.1 Å². The van der Waals surface area contributed by atoms with Gasteiger partial charge >= 0.3 is 0 Å². The zero-order valence-corrected chi connectivity index (χ0v) is 15.4. The van der Waals surface area contributed by atoms with Gasteiger partial charge in [-0.2, -0.15) is 0 Å². The van der Waals surface area contributed by atoms with Gasteiger partial charge < -0.3 is 10.3 Å². The van der Waals surface area contributed by atoms with E-state index in [0.717, 1.165) is 16.6 Å². The van der Waals surface area contributed by atoms with E-state index in [4.69, 9.17) is 5.73 Å². The number of fused-ring (bicyclic) bond motifs is 2. The minimum absolute atomic E-state index is 0.183. The van der Waals surface area contributed by atoms with Gasteiger partial charge in [0.2, 0.25) is 0 Å². The second kappa shape index (κ2) is 6.23. The minimum Gasteiger partial charge on any atom is -0.381 e. The molecule has 0 bridgehead atoms. The van der Waals surface area contributed by atoms with Crippen molar-refractivity contribution in [3.05, 3.63) is 66.5 Å². The van der Waals surface area contributed by atoms with Crippen LogP contribution in [0.15, 0.2) is 55.0 Å². The largest absolute Gasteiger partial charge is 0.381 e. The molecule has 8 heteroatoms. The van der Waals surface area contributed by atoms with Crippen LogP contribution in [-0.4, -0.2) is 30.2 Å². The molecule has 0 radical (unpaired) electrons. The summed E-state index contributed by atoms with van der Waals surface area (Å²) in [7, 11) is 1.92. The van der Waals surface area contributed by atoms with E-state index in [-0.39, 0.29) is 17.3 Å². The number of nitrogens with two attached hydrogens (primary N) is 1. The Bertz CT molecular complexity index is 1400. The highest BCUT2D eigenvalue weighted by Gasteiger charge is 2.19. The van der Waals surface area contributed by atoms with E-state index in [9.17, 15) is 9.18 Å². The lowest BCUT2D eigenvalue weighted by atomic mass is 10.0. The number of carbonyl (C=O) groups excluding carboxylic acids is 1. The van der Waals surface area contributed by atoms with Crippen molar-refractivity contribution in [1.82, 2.24) is 23.9 Å². The van der Waals surface area contributed by atoms with Gasteiger partial charge in [-0.3, -0.25) is 9.20 Å². The van der Waals surface area contributed by atoms with Crippen molar-refractivity contribution < 1.29 is 9.18 Å². The highest BCUT2D eigenvalue weighted by molar-refractivity contribution is 5.89. The van der Waals surface area contributed by atoms with Crippen LogP contribution in [0.1, 0.15) is 10.5 Å². The summed E-state index contributed by atoms with van der Waals surface area (Å²) in [6.45, 7) is 0. The van der Waals surface area contributed by atoms with E-state index in [0.29, 0.717) is 28.9 Å². The molecule has 0 saturated heterocycles. The summed E-state index contributed by atoms with van der Waals surface area (Å²) >= 11 is 0. The maximum atomic E-state index is 13.5. The van der Waals surface area contributed by atoms with Gasteiger partial charge in [-0.05, 0) is 36.4 Å². The van der Waals surface area contributed by atoms with Gasteiger partial charge in [-0.15, -0.1) is 0 Å². The molecule has 2 N–H and O–H groups in total. The van der Waals surface area contributed by atoms with Gasteiger partial charge in [0.1, 0.15) is 11.5 Å². The number of hydrogen-bond acceptors (Lipinski definition) is 5. The number of rotatable bonds is 3. The number of aromatic nitrogens is 5. The monoisotopic (exact) mass is 386 g/mol. The Morgan fingerprint density at radius 1 is 1.07 bits per heavy atom. The molecule has 0 aliphatic rings. The number of hydrogen-bond donors (Lipinski definition) is 1. The Kier molecular flexibility index (Phi) is 3.67. The molecule has 5 rings (SSSR count). The van der Waals surface area contributed by atoms with Gasteiger partial charge in [0.05, 0.1) is 28.7 Å². The Morgan fingerprint density at radius 2 is 1.83 bits per heavy atom. The lowest BCUT2D eigenvalue weighted by molar-refractivity contribution is 0.111. The molecule has 0 saturated carbocycles. The predicted octanol–water partition coefficient (Wildman–Crippen LogP) is 3.48. The summed E-state index contributed by atoms with van der Waals surface area (Å²) in [4.78, 5) is 24.5. The molecule has 3 heterocycles. The summed E-state index contributed by atoms with van der Waals surface area (Å²) in [6, 6.07) is 11.9. The van der Waals surface area contributed by atoms with E-state index in [1.54, 1.807) is 29.1 Å². The summed E-state index contributed by atoms with van der Waals surface area (Å²) < 4.78 is 17.2. The normalized spacial score (nSPS) is 11.4. The molecule has 3 aromatic heterocycles. The Labute approximate surface area is 164 Å². The van der Waals surface area contributed by atoms with Crippen molar-refractivity contribution in [2.75, 3.05) is 5.73 Å². The van der Waals surface area contributed by atoms with Gasteiger partial charge in [0.25, 0.3) is 0 Å². The number of halogens is 1. The Morgan fingerprint density at radius 3 is 2.59 bits per heavy atom. The maximum Gasteiger partial charge on any atom is 0.181 e. The van der Waals surface area contributed by atoms with Crippen molar-refractivity contribution in [3.8, 4) is 22.5 Å². The number of benzene rings is 2. The molecular weight excluding hydrogens is 371 g/mol. The highest BCUT2D eigenvalue weighted by atomic mass is 19.1. The second-order valence-electron chi connectivity index (χ2n) is 6.74. The molecule has 0 aliphatic heterocycles. The standard InChI is InChI=1S/C21H15FN6O/c1-27-11-24-16-7-4-13(8-17(16)27)19-18(12-2-5-14(22)6-3-12)26-20(23)21-25-15(10-29)9-28(19)21/h2-11H,1H3,(H2,23,26). The minimum atomic E-state index is -0.341. The van der Waals surface area contributed by atoms with Crippen LogP contribution in [0.5, 0.6) is 0 Å². The van der Waals surface area contributed by atoms with Crippen LogP contribution in [0.2, 0.25) is 0 Å². The molecule has 0 amide bonds. The average molecular weight is 386 g/mol. The molecule has 29 heavy (non-hydrogen) atoms. The van der Waals surface area contributed by atoms with Gasteiger partial charge in [0.15, 0.2) is 17.8 Å². The van der Waals surface area contributed by atoms with Crippen LogP contribution in [0, 0.1) is 5.82 Å². The van der Waals surface area contributed by atoms with E-state index in [1.165, 1.54) is 12.1 Å². The Balaban J connectivity index is 1.89. The Hall–Kier alpha value is -4.07. The van der Waals surface area contributed by atoms with Crippen LogP contribution in [-0.2, 0) is 7.05 Å². The molecule has 0 spiro atoms. The lowest BCUT2D eigenvalue weighted by Crippen LogP contribution is -2.03. The van der Waals surface area contributed by atoms with E-state index >= 15 is 0 Å². The zero-order chi connectivity index (χ0) is 20.1. The first-order chi connectivity index (χ1) is 14.0. The van der Waals surface area contributed by atoms with Gasteiger partial charge in [-0.1, -0.05) is 6.07 Å². The molecule has 0 unspecified atom stereocenters. The molecule has 0 aliphatic carbocycles. The van der Waals surface area contributed by atoms with Crippen molar-refractivity contribution in [1.29, 1.82) is 0 Å². The van der Waals surface area contributed by atoms with Crippen molar-refractivity contribution >= 4 is 28.8 Å². The number of nitrogen functional groups attached to an aromatic ring is 1. The molecule has 7 nitrogen and oxygen atoms in total. The van der Waals surface area contributed by atoms with Gasteiger partial charge in [0, 0.05) is 24.4 Å². The number of nitrogens with zero attached hydrogens (tertiary/aromatic N) is 5. The zero-order valence-electron chi connectivity index (χ0n) is 15.4. The quantitative estimate of drug-likeness (QED) is 0.479. The molecular formula is C21H15FN6O. The first kappa shape index (κ1) is 17.1. The van der Waals surface area contributed by atoms with Crippen LogP contribution >= 0.6 is 0 Å². The second-order valence-corrected chi connectivity index (χ2v) is 6.74. The van der Waals surface area contributed by atoms with Crippen LogP contribution in [0.4, 0.5) is 10.2 Å². The number of aryl methyl sites for hydroxylation is 1. The highest BCUT2D eigenvalue weighted by Crippen LogP contribution is 2.34. The lowest BCUT2D eigenvalue weighted by Gasteiger charge is -2.14. The third-order valence-electron chi connectivity index (χ3n) is 4.89. The van der Waals surface area contributed by atoms with E-state index in [2.05, 4.69) is 15.0 Å². The SMILES string of the molecule is Cn1cnc2ccc(-c3c(-c4ccc(F)cc4)nc(N)c4nc(C=O)cn34)cc21. The fourth-order valence-corrected chi connectivity index (χ4v) is 3.50. The fraction of sp³-hybridized carbons (Fsp3) is 0.0476. The molecule has 0 fully saturated rings. The van der Waals surface area contributed by atoms with Crippen LogP contribution in [0.25, 0.3) is 39.2 Å². The van der Waals surface area contributed by atoms with Crippen molar-refractivity contribution in [2.45, 2.75) is 0 Å². The van der Waals surface area contributed by atoms with Crippen LogP contribution in [0.3, 0.4) is 0 Å². The third-order valence-corrected chi connectivity index (χ3v) is 4.89. The number of carbonyl (C=O) groups is 1. The predicted molar refractivity (Wildman–Crippen MR) is 108 cm³/mol. The third kappa shape index (κ3) is 2.65. The molecule has 0 atom stereocenters. The summed E-state index contributed by atoms with van der Waals surface area (Å²) in [5.41, 5.74) is 11.4. The first-order valence-corrected chi connectivity index (χ1v) is 8.86. The van der Waals surface area contributed by atoms with Crippen molar-refractivity contribution in [2.24, 2.45) is 7.05 Å². The molecule has 5 aromatic rings. The average Bonchev–Trinajstić information content (AvgIpc) is 3.33. The number of anilines is 1. The molecule has 142 valence electrons. The summed E-state index contributed by atoms with van der Waals surface area (Å²) in [6.07, 6.45) is 4.03. The smallest absolute Gasteiger partial charge is 0.181 e. The maximum absolute atomic E-state index is 13.5. The summed E-state index contributed by atoms with van der Waals surface area (Å²) in [5.74, 6) is -0.158. The fourth-order valence-electron chi connectivity index (χ4n) is 3.50. The molecule has 2 aromatic carbocycles. The van der Waals surface area contributed by atoms with Gasteiger partial charge in [-0.25, -0.2) is 19.3 Å².